The summed E-state index contributed by atoms with van der Waals surface area (Å²) in [5, 5.41) is 11.5. The predicted molar refractivity (Wildman–Crippen MR) is 69.2 cm³/mol. The van der Waals surface area contributed by atoms with Gasteiger partial charge in [0, 0.05) is 18.3 Å². The third-order valence-corrected chi connectivity index (χ3v) is 2.95. The molecule has 3 N–H and O–H groups in total. The van der Waals surface area contributed by atoms with Gasteiger partial charge in [0.15, 0.2) is 5.78 Å². The quantitative estimate of drug-likeness (QED) is 0.678. The molecule has 19 heavy (non-hydrogen) atoms. The fourth-order valence-electron chi connectivity index (χ4n) is 1.42. The second kappa shape index (κ2) is 5.69. The molecule has 0 aliphatic rings. The van der Waals surface area contributed by atoms with Crippen LogP contribution in [0, 0.1) is 5.41 Å². The maximum atomic E-state index is 11.7. The van der Waals surface area contributed by atoms with Crippen LogP contribution in [-0.2, 0) is 4.79 Å². The third-order valence-electron chi connectivity index (χ3n) is 2.95. The summed E-state index contributed by atoms with van der Waals surface area (Å²) in [5.41, 5.74) is -0.151. The monoisotopic (exact) mass is 266 g/mol. The molecule has 6 heteroatoms. The summed E-state index contributed by atoms with van der Waals surface area (Å²) in [6.45, 7) is 4.88. The Labute approximate surface area is 111 Å². The maximum Gasteiger partial charge on any atom is 0.309 e. The minimum atomic E-state index is -0.902. The second-order valence-electron chi connectivity index (χ2n) is 5.05. The van der Waals surface area contributed by atoms with Crippen molar-refractivity contribution in [2.75, 3.05) is 6.54 Å². The summed E-state index contributed by atoms with van der Waals surface area (Å²) in [6.07, 6.45) is 1.80. The highest BCUT2D eigenvalue weighted by Crippen LogP contribution is 2.19. The molecule has 0 radical (unpaired) electrons. The van der Waals surface area contributed by atoms with E-state index in [2.05, 4.69) is 10.3 Å². The minimum absolute atomic E-state index is 0.123. The van der Waals surface area contributed by atoms with Crippen LogP contribution in [0.4, 0.5) is 0 Å². The van der Waals surface area contributed by atoms with E-state index in [0.717, 1.165) is 0 Å². The van der Waals surface area contributed by atoms with Crippen molar-refractivity contribution in [3.63, 3.8) is 0 Å². The molecule has 0 atom stereocenters. The lowest BCUT2D eigenvalue weighted by Crippen LogP contribution is -2.32. The lowest BCUT2D eigenvalue weighted by atomic mass is 9.90. The largest absolute Gasteiger partial charge is 0.481 e. The van der Waals surface area contributed by atoms with E-state index in [1.54, 1.807) is 13.8 Å². The second-order valence-corrected chi connectivity index (χ2v) is 5.05. The number of Topliss-reactive ketones (excluding diaryl/α,β-unsaturated/α-hetero) is 1. The summed E-state index contributed by atoms with van der Waals surface area (Å²) in [6, 6.07) is 1.47. The van der Waals surface area contributed by atoms with Crippen molar-refractivity contribution in [1.82, 2.24) is 10.3 Å². The van der Waals surface area contributed by atoms with Crippen molar-refractivity contribution in [1.29, 1.82) is 0 Å². The van der Waals surface area contributed by atoms with Gasteiger partial charge in [0.1, 0.15) is 5.69 Å². The molecule has 1 aromatic rings. The molecule has 0 bridgehead atoms. The van der Waals surface area contributed by atoms with Gasteiger partial charge in [-0.3, -0.25) is 14.4 Å². The Bertz CT molecular complexity index is 502. The predicted octanol–water partition coefficient (Wildman–Crippen LogP) is 1.45. The third kappa shape index (κ3) is 3.94. The van der Waals surface area contributed by atoms with E-state index in [4.69, 9.17) is 5.11 Å². The Morgan fingerprint density at radius 2 is 2.00 bits per heavy atom. The van der Waals surface area contributed by atoms with Crippen LogP contribution in [0.3, 0.4) is 0 Å². The van der Waals surface area contributed by atoms with Crippen molar-refractivity contribution >= 4 is 17.7 Å². The van der Waals surface area contributed by atoms with E-state index in [0.29, 0.717) is 17.7 Å². The van der Waals surface area contributed by atoms with Gasteiger partial charge in [-0.05, 0) is 33.3 Å². The number of nitrogens with one attached hydrogen (secondary N) is 2. The molecule has 1 heterocycles. The zero-order valence-electron chi connectivity index (χ0n) is 11.2. The summed E-state index contributed by atoms with van der Waals surface area (Å²) in [4.78, 5) is 36.4. The molecule has 0 fully saturated rings. The number of H-pyrrole nitrogens is 1. The first-order valence-corrected chi connectivity index (χ1v) is 5.95. The highest BCUT2D eigenvalue weighted by molar-refractivity contribution is 5.99. The van der Waals surface area contributed by atoms with Crippen LogP contribution in [0.5, 0.6) is 0 Å². The first-order chi connectivity index (χ1) is 8.74. The Morgan fingerprint density at radius 3 is 2.47 bits per heavy atom. The highest BCUT2D eigenvalue weighted by atomic mass is 16.4. The lowest BCUT2D eigenvalue weighted by Gasteiger charge is -2.18. The van der Waals surface area contributed by atoms with E-state index < -0.39 is 11.4 Å². The van der Waals surface area contributed by atoms with Crippen molar-refractivity contribution < 1.29 is 19.5 Å². The van der Waals surface area contributed by atoms with Gasteiger partial charge < -0.3 is 15.4 Å². The SMILES string of the molecule is CC(=O)c1c[nH]c(C(=O)NCCC(C)(C)C(=O)O)c1. The molecular formula is C13H18N2O4. The Kier molecular flexibility index (Phi) is 4.47. The fraction of sp³-hybridized carbons (Fsp3) is 0.462. The van der Waals surface area contributed by atoms with Crippen LogP contribution in [0.1, 0.15) is 48.0 Å². The molecule has 1 aromatic heterocycles. The van der Waals surface area contributed by atoms with Crippen LogP contribution in [0.25, 0.3) is 0 Å². The van der Waals surface area contributed by atoms with Gasteiger partial charge in [-0.1, -0.05) is 0 Å². The van der Waals surface area contributed by atoms with Gasteiger partial charge in [-0.15, -0.1) is 0 Å². The molecular weight excluding hydrogens is 248 g/mol. The number of carboxylic acid groups (broad SMARTS) is 1. The van der Waals surface area contributed by atoms with Gasteiger partial charge in [0.25, 0.3) is 5.91 Å². The summed E-state index contributed by atoms with van der Waals surface area (Å²) in [5.74, 6) is -1.38. The standard InChI is InChI=1S/C13H18N2O4/c1-8(16)9-6-10(15-7-9)11(17)14-5-4-13(2,3)12(18)19/h6-7,15H,4-5H2,1-3H3,(H,14,17)(H,18,19). The number of aromatic amines is 1. The highest BCUT2D eigenvalue weighted by Gasteiger charge is 2.26. The van der Waals surface area contributed by atoms with E-state index in [1.807, 2.05) is 0 Å². The molecule has 0 aliphatic heterocycles. The van der Waals surface area contributed by atoms with Crippen molar-refractivity contribution in [2.24, 2.45) is 5.41 Å². The van der Waals surface area contributed by atoms with E-state index in [9.17, 15) is 14.4 Å². The molecule has 0 unspecified atom stereocenters. The number of hydrogen-bond donors (Lipinski definition) is 3. The maximum absolute atomic E-state index is 11.7. The van der Waals surface area contributed by atoms with Crippen LogP contribution < -0.4 is 5.32 Å². The molecule has 0 saturated heterocycles. The normalized spacial score (nSPS) is 11.1. The summed E-state index contributed by atoms with van der Waals surface area (Å²) < 4.78 is 0. The first-order valence-electron chi connectivity index (χ1n) is 5.95. The van der Waals surface area contributed by atoms with Gasteiger partial charge in [0.05, 0.1) is 5.41 Å². The molecule has 0 aliphatic carbocycles. The van der Waals surface area contributed by atoms with Gasteiger partial charge in [-0.25, -0.2) is 0 Å². The zero-order chi connectivity index (χ0) is 14.6. The number of rotatable bonds is 6. The number of carboxylic acids is 1. The fourth-order valence-corrected chi connectivity index (χ4v) is 1.42. The number of ketones is 1. The van der Waals surface area contributed by atoms with Gasteiger partial charge in [0.2, 0.25) is 0 Å². The van der Waals surface area contributed by atoms with Crippen molar-refractivity contribution in [2.45, 2.75) is 27.2 Å². The van der Waals surface area contributed by atoms with Crippen molar-refractivity contribution in [3.05, 3.63) is 23.5 Å². The van der Waals surface area contributed by atoms with E-state index in [-0.39, 0.29) is 18.2 Å². The number of amides is 1. The number of hydrogen-bond acceptors (Lipinski definition) is 3. The lowest BCUT2D eigenvalue weighted by molar-refractivity contribution is -0.147. The Balaban J connectivity index is 2.52. The molecule has 6 nitrogen and oxygen atoms in total. The van der Waals surface area contributed by atoms with Crippen molar-refractivity contribution in [3.8, 4) is 0 Å². The number of carbonyl (C=O) groups is 3. The molecule has 1 rings (SSSR count). The summed E-state index contributed by atoms with van der Waals surface area (Å²) >= 11 is 0. The Morgan fingerprint density at radius 1 is 1.37 bits per heavy atom. The van der Waals surface area contributed by atoms with Crippen LogP contribution in [0.2, 0.25) is 0 Å². The minimum Gasteiger partial charge on any atom is -0.481 e. The average Bonchev–Trinajstić information content (AvgIpc) is 2.77. The number of aromatic nitrogens is 1. The molecule has 0 spiro atoms. The van der Waals surface area contributed by atoms with Gasteiger partial charge >= 0.3 is 5.97 Å². The molecule has 1 amide bonds. The first kappa shape index (κ1) is 14.9. The van der Waals surface area contributed by atoms with E-state index in [1.165, 1.54) is 19.2 Å². The zero-order valence-corrected chi connectivity index (χ0v) is 11.2. The Hall–Kier alpha value is -2.11. The summed E-state index contributed by atoms with van der Waals surface area (Å²) in [7, 11) is 0. The molecule has 0 aromatic carbocycles. The number of aliphatic carboxylic acids is 1. The van der Waals surface area contributed by atoms with Crippen LogP contribution in [0.15, 0.2) is 12.3 Å². The molecule has 104 valence electrons. The molecule has 0 saturated carbocycles. The number of carbonyl (C=O) groups excluding carboxylic acids is 2. The smallest absolute Gasteiger partial charge is 0.309 e. The topological polar surface area (TPSA) is 99.3 Å². The average molecular weight is 266 g/mol. The van der Waals surface area contributed by atoms with Crippen LogP contribution in [-0.4, -0.2) is 34.3 Å². The van der Waals surface area contributed by atoms with Gasteiger partial charge in [-0.2, -0.15) is 0 Å². The van der Waals surface area contributed by atoms with E-state index >= 15 is 0 Å². The van der Waals surface area contributed by atoms with Crippen LogP contribution >= 0.6 is 0 Å².